The van der Waals surface area contributed by atoms with Crippen molar-refractivity contribution in [3.05, 3.63) is 51.7 Å². The van der Waals surface area contributed by atoms with Gasteiger partial charge in [-0.15, -0.1) is 11.3 Å². The number of carbonyl (C=O) groups excluding carboxylic acids is 1. The number of amides is 1. The SMILES string of the molecule is CCc1cccc(NC(=O)c2csc(C#CCCO)c2)c1. The standard InChI is InChI=1S/C17H17NO2S/c1-2-13-6-5-7-15(10-13)18-17(20)14-11-16(21-12-14)8-3-4-9-19/h5-7,10-12,19H,2,4,9H2,1H3,(H,18,20). The number of benzene rings is 1. The zero-order chi connectivity index (χ0) is 15.1. The molecule has 0 fully saturated rings. The van der Waals surface area contributed by atoms with Crippen LogP contribution in [0.15, 0.2) is 35.7 Å². The molecule has 108 valence electrons. The van der Waals surface area contributed by atoms with Gasteiger partial charge in [0.15, 0.2) is 0 Å². The van der Waals surface area contributed by atoms with Crippen LogP contribution in [0.4, 0.5) is 5.69 Å². The molecule has 1 amide bonds. The summed E-state index contributed by atoms with van der Waals surface area (Å²) in [4.78, 5) is 13.0. The number of aryl methyl sites for hydroxylation is 1. The predicted molar refractivity (Wildman–Crippen MR) is 86.7 cm³/mol. The fourth-order valence-electron chi connectivity index (χ4n) is 1.80. The summed E-state index contributed by atoms with van der Waals surface area (Å²) in [7, 11) is 0. The summed E-state index contributed by atoms with van der Waals surface area (Å²) in [6.07, 6.45) is 1.38. The molecule has 0 saturated heterocycles. The zero-order valence-electron chi connectivity index (χ0n) is 11.8. The van der Waals surface area contributed by atoms with E-state index in [1.165, 1.54) is 16.9 Å². The molecule has 2 aromatic rings. The van der Waals surface area contributed by atoms with Crippen molar-refractivity contribution in [2.45, 2.75) is 19.8 Å². The van der Waals surface area contributed by atoms with E-state index >= 15 is 0 Å². The Labute approximate surface area is 128 Å². The predicted octanol–water partition coefficient (Wildman–Crippen LogP) is 3.30. The first-order valence-electron chi connectivity index (χ1n) is 6.81. The highest BCUT2D eigenvalue weighted by molar-refractivity contribution is 7.10. The van der Waals surface area contributed by atoms with Gasteiger partial charge in [0, 0.05) is 17.5 Å². The Bertz CT molecular complexity index is 679. The molecule has 1 aromatic carbocycles. The molecule has 4 heteroatoms. The van der Waals surface area contributed by atoms with Crippen molar-refractivity contribution >= 4 is 22.9 Å². The number of aliphatic hydroxyl groups excluding tert-OH is 1. The van der Waals surface area contributed by atoms with Crippen LogP contribution in [-0.2, 0) is 6.42 Å². The second-order valence-corrected chi connectivity index (χ2v) is 5.39. The number of aliphatic hydroxyl groups is 1. The molecule has 21 heavy (non-hydrogen) atoms. The minimum Gasteiger partial charge on any atom is -0.395 e. The van der Waals surface area contributed by atoms with Gasteiger partial charge in [0.05, 0.1) is 17.0 Å². The monoisotopic (exact) mass is 299 g/mol. The van der Waals surface area contributed by atoms with Crippen LogP contribution in [0.2, 0.25) is 0 Å². The lowest BCUT2D eigenvalue weighted by molar-refractivity contribution is 0.102. The first-order valence-corrected chi connectivity index (χ1v) is 7.69. The van der Waals surface area contributed by atoms with Crippen molar-refractivity contribution in [3.63, 3.8) is 0 Å². The Balaban J connectivity index is 2.05. The molecule has 0 aliphatic carbocycles. The van der Waals surface area contributed by atoms with Gasteiger partial charge in [0.1, 0.15) is 0 Å². The van der Waals surface area contributed by atoms with Gasteiger partial charge in [-0.05, 0) is 30.2 Å². The molecule has 0 atom stereocenters. The summed E-state index contributed by atoms with van der Waals surface area (Å²) in [6.45, 7) is 2.14. The largest absolute Gasteiger partial charge is 0.395 e. The number of rotatable bonds is 4. The third-order valence-electron chi connectivity index (χ3n) is 2.90. The molecule has 0 bridgehead atoms. The van der Waals surface area contributed by atoms with E-state index in [-0.39, 0.29) is 12.5 Å². The maximum absolute atomic E-state index is 12.2. The van der Waals surface area contributed by atoms with Gasteiger partial charge in [-0.3, -0.25) is 4.79 Å². The first-order chi connectivity index (χ1) is 10.2. The normalized spacial score (nSPS) is 9.81. The fraction of sp³-hybridized carbons (Fsp3) is 0.235. The van der Waals surface area contributed by atoms with Crippen molar-refractivity contribution in [2.75, 3.05) is 11.9 Å². The molecule has 2 rings (SSSR count). The lowest BCUT2D eigenvalue weighted by atomic mass is 10.1. The lowest BCUT2D eigenvalue weighted by Gasteiger charge is -2.05. The highest BCUT2D eigenvalue weighted by atomic mass is 32.1. The van der Waals surface area contributed by atoms with Crippen LogP contribution in [0, 0.1) is 11.8 Å². The van der Waals surface area contributed by atoms with Gasteiger partial charge < -0.3 is 10.4 Å². The van der Waals surface area contributed by atoms with E-state index in [0.717, 1.165) is 17.0 Å². The van der Waals surface area contributed by atoms with Crippen LogP contribution in [0.25, 0.3) is 0 Å². The number of carbonyl (C=O) groups is 1. The molecule has 1 heterocycles. The molecule has 0 saturated carbocycles. The van der Waals surface area contributed by atoms with E-state index in [9.17, 15) is 4.79 Å². The van der Waals surface area contributed by atoms with E-state index in [0.29, 0.717) is 12.0 Å². The van der Waals surface area contributed by atoms with Gasteiger partial charge in [-0.25, -0.2) is 0 Å². The van der Waals surface area contributed by atoms with Crippen LogP contribution in [0.1, 0.15) is 34.1 Å². The van der Waals surface area contributed by atoms with E-state index in [1.54, 1.807) is 11.4 Å². The van der Waals surface area contributed by atoms with Crippen molar-refractivity contribution < 1.29 is 9.90 Å². The summed E-state index contributed by atoms with van der Waals surface area (Å²) < 4.78 is 0. The second kappa shape index (κ2) is 7.63. The molecule has 0 aliphatic heterocycles. The topological polar surface area (TPSA) is 49.3 Å². The summed E-state index contributed by atoms with van der Waals surface area (Å²) in [6, 6.07) is 9.61. The van der Waals surface area contributed by atoms with Gasteiger partial charge >= 0.3 is 0 Å². The van der Waals surface area contributed by atoms with Crippen molar-refractivity contribution in [3.8, 4) is 11.8 Å². The van der Waals surface area contributed by atoms with Crippen molar-refractivity contribution in [1.82, 2.24) is 0 Å². The van der Waals surface area contributed by atoms with Crippen LogP contribution in [0.3, 0.4) is 0 Å². The number of anilines is 1. The summed E-state index contributed by atoms with van der Waals surface area (Å²) in [5.74, 6) is 5.65. The zero-order valence-corrected chi connectivity index (χ0v) is 12.7. The second-order valence-electron chi connectivity index (χ2n) is 4.48. The third kappa shape index (κ3) is 4.45. The fourth-order valence-corrected chi connectivity index (χ4v) is 2.55. The maximum atomic E-state index is 12.2. The average molecular weight is 299 g/mol. The molecule has 1 aromatic heterocycles. The van der Waals surface area contributed by atoms with Crippen molar-refractivity contribution in [1.29, 1.82) is 0 Å². The van der Waals surface area contributed by atoms with E-state index in [4.69, 9.17) is 5.11 Å². The Morgan fingerprint density at radius 1 is 1.38 bits per heavy atom. The number of thiophene rings is 1. The smallest absolute Gasteiger partial charge is 0.256 e. The number of nitrogens with one attached hydrogen (secondary N) is 1. The summed E-state index contributed by atoms with van der Waals surface area (Å²) in [5.41, 5.74) is 2.60. The third-order valence-corrected chi connectivity index (χ3v) is 3.75. The van der Waals surface area contributed by atoms with E-state index in [2.05, 4.69) is 24.1 Å². The molecule has 0 aliphatic rings. The number of hydrogen-bond acceptors (Lipinski definition) is 3. The minimum atomic E-state index is -0.130. The van der Waals surface area contributed by atoms with E-state index < -0.39 is 0 Å². The van der Waals surface area contributed by atoms with Gasteiger partial charge in [0.2, 0.25) is 0 Å². The maximum Gasteiger partial charge on any atom is 0.256 e. The average Bonchev–Trinajstić information content (AvgIpc) is 2.97. The van der Waals surface area contributed by atoms with Gasteiger partial charge in [0.25, 0.3) is 5.91 Å². The highest BCUT2D eigenvalue weighted by Gasteiger charge is 2.08. The van der Waals surface area contributed by atoms with Crippen molar-refractivity contribution in [2.24, 2.45) is 0 Å². The molecule has 0 spiro atoms. The quantitative estimate of drug-likeness (QED) is 0.851. The molecule has 0 unspecified atom stereocenters. The highest BCUT2D eigenvalue weighted by Crippen LogP contribution is 2.17. The molecular weight excluding hydrogens is 282 g/mol. The van der Waals surface area contributed by atoms with E-state index in [1.807, 2.05) is 24.3 Å². The molecular formula is C17H17NO2S. The lowest BCUT2D eigenvalue weighted by Crippen LogP contribution is -2.10. The molecule has 0 radical (unpaired) electrons. The van der Waals surface area contributed by atoms with Gasteiger partial charge in [-0.1, -0.05) is 30.9 Å². The summed E-state index contributed by atoms with van der Waals surface area (Å²) in [5, 5.41) is 13.4. The van der Waals surface area contributed by atoms with Gasteiger partial charge in [-0.2, -0.15) is 0 Å². The Morgan fingerprint density at radius 2 is 2.24 bits per heavy atom. The Kier molecular flexibility index (Phi) is 5.56. The Hall–Kier alpha value is -2.09. The van der Waals surface area contributed by atoms with Crippen LogP contribution >= 0.6 is 11.3 Å². The first kappa shape index (κ1) is 15.3. The van der Waals surface area contributed by atoms with Crippen LogP contribution in [-0.4, -0.2) is 17.6 Å². The minimum absolute atomic E-state index is 0.0550. The molecule has 3 nitrogen and oxygen atoms in total. The number of hydrogen-bond donors (Lipinski definition) is 2. The summed E-state index contributed by atoms with van der Waals surface area (Å²) >= 11 is 1.43. The molecule has 2 N–H and O–H groups in total. The Morgan fingerprint density at radius 3 is 3.00 bits per heavy atom. The van der Waals surface area contributed by atoms with Crippen LogP contribution < -0.4 is 5.32 Å². The van der Waals surface area contributed by atoms with Crippen LogP contribution in [0.5, 0.6) is 0 Å².